The lowest BCUT2D eigenvalue weighted by Gasteiger charge is -1.95. The van der Waals surface area contributed by atoms with Gasteiger partial charge in [0.05, 0.1) is 10.7 Å². The molecule has 0 spiro atoms. The maximum absolute atomic E-state index is 10.3. The molecule has 0 amide bonds. The van der Waals surface area contributed by atoms with Crippen molar-refractivity contribution in [1.82, 2.24) is 0 Å². The second kappa shape index (κ2) is 1.70. The molecule has 0 aliphatic carbocycles. The fourth-order valence-electron chi connectivity index (χ4n) is 0.325. The maximum Gasteiger partial charge on any atom is 0.217 e. The van der Waals surface area contributed by atoms with Crippen molar-refractivity contribution in [3.05, 3.63) is 0 Å². The fraction of sp³-hybridized carbons (Fsp3) is 0. The largest absolute Gasteiger partial charge is 0.293 e. The van der Waals surface area contributed by atoms with E-state index in [1.165, 1.54) is 0 Å². The quantitative estimate of drug-likeness (QED) is 0.456. The molecule has 9 heavy (non-hydrogen) atoms. The van der Waals surface area contributed by atoms with Crippen LogP contribution in [0.3, 0.4) is 0 Å². The molecule has 0 saturated heterocycles. The van der Waals surface area contributed by atoms with Gasteiger partial charge < -0.3 is 0 Å². The molecule has 0 atom stereocenters. The number of hydrogen-bond donors (Lipinski definition) is 2. The van der Waals surface area contributed by atoms with Crippen molar-refractivity contribution >= 4 is 30.9 Å². The molecule has 0 aromatic heterocycles. The zero-order valence-corrected chi connectivity index (χ0v) is 5.72. The highest BCUT2D eigenvalue weighted by Gasteiger charge is 2.16. The van der Waals surface area contributed by atoms with Gasteiger partial charge in [0.25, 0.3) is 0 Å². The van der Waals surface area contributed by atoms with Crippen molar-refractivity contribution in [3.8, 4) is 0 Å². The van der Waals surface area contributed by atoms with E-state index < -0.39 is 20.2 Å². The Bertz CT molecular complexity index is 302. The Morgan fingerprint density at radius 3 is 1.56 bits per heavy atom. The molecule has 0 aromatic carbocycles. The standard InChI is InChI=1S/C2H4O5S2/c3-8(4)1-2-9(5,6)7-8/h1-2H,(H,3,4)(H,5,6). The van der Waals surface area contributed by atoms with E-state index >= 15 is 0 Å². The second-order valence-corrected chi connectivity index (χ2v) is 4.52. The molecule has 0 saturated carbocycles. The van der Waals surface area contributed by atoms with Gasteiger partial charge in [-0.15, -0.1) is 0 Å². The summed E-state index contributed by atoms with van der Waals surface area (Å²) < 4.78 is 41.2. The zero-order chi connectivity index (χ0) is 7.12. The highest BCUT2D eigenvalue weighted by molar-refractivity contribution is 8.10. The first-order valence-corrected chi connectivity index (χ1v) is 4.84. The Hall–Kier alpha value is -0.0800. The summed E-state index contributed by atoms with van der Waals surface area (Å²) in [5.74, 6) is 0. The van der Waals surface area contributed by atoms with Crippen LogP contribution in [0.5, 0.6) is 0 Å². The van der Waals surface area contributed by atoms with Gasteiger partial charge in [0.1, 0.15) is 0 Å². The van der Waals surface area contributed by atoms with Crippen molar-refractivity contribution in [1.29, 1.82) is 0 Å². The van der Waals surface area contributed by atoms with Crippen LogP contribution >= 0.6 is 0 Å². The van der Waals surface area contributed by atoms with Crippen LogP contribution in [0.2, 0.25) is 0 Å². The molecule has 0 radical (unpaired) electrons. The van der Waals surface area contributed by atoms with E-state index in [1.807, 2.05) is 0 Å². The van der Waals surface area contributed by atoms with E-state index in [9.17, 15) is 8.42 Å². The minimum Gasteiger partial charge on any atom is -0.293 e. The summed E-state index contributed by atoms with van der Waals surface area (Å²) in [7, 11) is -7.22. The predicted molar refractivity (Wildman–Crippen MR) is 34.8 cm³/mol. The lowest BCUT2D eigenvalue weighted by Crippen LogP contribution is -2.05. The molecule has 0 unspecified atom stereocenters. The molecular formula is C2H4O5S2. The van der Waals surface area contributed by atoms with E-state index in [4.69, 9.17) is 9.11 Å². The van der Waals surface area contributed by atoms with Gasteiger partial charge in [-0.05, 0) is 0 Å². The van der Waals surface area contributed by atoms with Crippen molar-refractivity contribution in [3.63, 3.8) is 0 Å². The van der Waals surface area contributed by atoms with Crippen molar-refractivity contribution in [2.24, 2.45) is 0 Å². The SMILES string of the molecule is O=S1(O)=CC=S(=O)(O)O1. The molecule has 1 aliphatic heterocycles. The zero-order valence-electron chi connectivity index (χ0n) is 4.09. The molecule has 1 heterocycles. The van der Waals surface area contributed by atoms with Gasteiger partial charge in [-0.2, -0.15) is 3.63 Å². The molecule has 54 valence electrons. The number of rotatable bonds is 0. The minimum absolute atomic E-state index is 0.662. The van der Waals surface area contributed by atoms with Crippen molar-refractivity contribution < 1.29 is 21.2 Å². The summed E-state index contributed by atoms with van der Waals surface area (Å²) in [5.41, 5.74) is 0. The Kier molecular flexibility index (Phi) is 1.33. The molecular weight excluding hydrogens is 168 g/mol. The van der Waals surface area contributed by atoms with Gasteiger partial charge in [-0.1, -0.05) is 0 Å². The normalized spacial score (nSPS) is 50.0. The van der Waals surface area contributed by atoms with Gasteiger partial charge in [0, 0.05) is 0 Å². The molecule has 5 nitrogen and oxygen atoms in total. The highest BCUT2D eigenvalue weighted by atomic mass is 32.3. The molecule has 2 N–H and O–H groups in total. The third kappa shape index (κ3) is 1.66. The fourth-order valence-corrected chi connectivity index (χ4v) is 2.93. The monoisotopic (exact) mass is 172 g/mol. The Balaban J connectivity index is 3.16. The summed E-state index contributed by atoms with van der Waals surface area (Å²) in [5, 5.41) is 1.32. The summed E-state index contributed by atoms with van der Waals surface area (Å²) >= 11 is 0. The first-order valence-electron chi connectivity index (χ1n) is 1.84. The summed E-state index contributed by atoms with van der Waals surface area (Å²) in [6.45, 7) is 0. The lowest BCUT2D eigenvalue weighted by molar-refractivity contribution is 0.422. The summed E-state index contributed by atoms with van der Waals surface area (Å²) in [4.78, 5) is 0. The van der Waals surface area contributed by atoms with Crippen LogP contribution in [0.4, 0.5) is 0 Å². The summed E-state index contributed by atoms with van der Waals surface area (Å²) in [6.07, 6.45) is 0. The van der Waals surface area contributed by atoms with E-state index in [-0.39, 0.29) is 0 Å². The second-order valence-electron chi connectivity index (χ2n) is 1.37. The maximum atomic E-state index is 10.3. The average Bonchev–Trinajstić information content (AvgIpc) is 1.78. The van der Waals surface area contributed by atoms with E-state index in [0.717, 1.165) is 0 Å². The van der Waals surface area contributed by atoms with Gasteiger partial charge in [-0.25, -0.2) is 8.42 Å². The van der Waals surface area contributed by atoms with Gasteiger partial charge in [0.15, 0.2) is 0 Å². The predicted octanol–water partition coefficient (Wildman–Crippen LogP) is -1.03. The molecule has 7 heteroatoms. The Labute approximate surface area is 52.7 Å². The molecule has 1 aliphatic rings. The third-order valence-electron chi connectivity index (χ3n) is 0.594. The van der Waals surface area contributed by atoms with Crippen LogP contribution in [-0.2, 0) is 23.8 Å². The summed E-state index contributed by atoms with van der Waals surface area (Å²) in [6, 6.07) is 0. The average molecular weight is 172 g/mol. The van der Waals surface area contributed by atoms with E-state index in [2.05, 4.69) is 3.63 Å². The first kappa shape index (κ1) is 7.03. The van der Waals surface area contributed by atoms with E-state index in [1.54, 1.807) is 0 Å². The van der Waals surface area contributed by atoms with Gasteiger partial charge in [-0.3, -0.25) is 9.11 Å². The highest BCUT2D eigenvalue weighted by Crippen LogP contribution is 2.01. The Morgan fingerprint density at radius 2 is 1.44 bits per heavy atom. The Morgan fingerprint density at radius 1 is 1.11 bits per heavy atom. The number of hydrogen-bond acceptors (Lipinski definition) is 3. The van der Waals surface area contributed by atoms with Crippen LogP contribution < -0.4 is 0 Å². The van der Waals surface area contributed by atoms with Gasteiger partial charge in [0.2, 0.25) is 20.2 Å². The smallest absolute Gasteiger partial charge is 0.217 e. The van der Waals surface area contributed by atoms with Crippen molar-refractivity contribution in [2.45, 2.75) is 0 Å². The van der Waals surface area contributed by atoms with Crippen LogP contribution in [0.25, 0.3) is 0 Å². The van der Waals surface area contributed by atoms with Crippen LogP contribution in [0.1, 0.15) is 0 Å². The molecule has 0 bridgehead atoms. The van der Waals surface area contributed by atoms with E-state index in [0.29, 0.717) is 10.7 Å². The first-order chi connectivity index (χ1) is 3.91. The lowest BCUT2D eigenvalue weighted by atomic mass is 11.0. The van der Waals surface area contributed by atoms with Crippen molar-refractivity contribution in [2.75, 3.05) is 0 Å². The van der Waals surface area contributed by atoms with Crippen LogP contribution in [0, 0.1) is 0 Å². The minimum atomic E-state index is -3.61. The molecule has 0 aromatic rings. The molecule has 0 fully saturated rings. The van der Waals surface area contributed by atoms with Crippen LogP contribution in [-0.4, -0.2) is 28.3 Å². The third-order valence-corrected chi connectivity index (χ3v) is 3.29. The van der Waals surface area contributed by atoms with Gasteiger partial charge >= 0.3 is 0 Å². The van der Waals surface area contributed by atoms with Crippen LogP contribution in [0.15, 0.2) is 0 Å². The molecule has 1 rings (SSSR count). The topological polar surface area (TPSA) is 83.8 Å².